The summed E-state index contributed by atoms with van der Waals surface area (Å²) >= 11 is 0. The first kappa shape index (κ1) is 14.7. The zero-order chi connectivity index (χ0) is 13.9. The standard InChI is InChI=1S/C10H15F3N2O3/c11-10(12,13)7(9(17)18)5-15-3-1-2-6(4-15)8(14)16/h6-7H,1-5H2,(H2,14,16)(H,17,18). The number of piperidine rings is 1. The van der Waals surface area contributed by atoms with Crippen LogP contribution in [0.3, 0.4) is 0 Å². The van der Waals surface area contributed by atoms with E-state index in [0.717, 1.165) is 0 Å². The predicted octanol–water partition coefficient (Wildman–Crippen LogP) is 0.447. The first-order valence-electron chi connectivity index (χ1n) is 5.53. The quantitative estimate of drug-likeness (QED) is 0.775. The predicted molar refractivity (Wildman–Crippen MR) is 55.5 cm³/mol. The summed E-state index contributed by atoms with van der Waals surface area (Å²) in [7, 11) is 0. The van der Waals surface area contributed by atoms with E-state index >= 15 is 0 Å². The molecule has 0 spiro atoms. The Hall–Kier alpha value is -1.31. The molecule has 0 aliphatic carbocycles. The molecule has 3 N–H and O–H groups in total. The minimum atomic E-state index is -4.79. The van der Waals surface area contributed by atoms with Crippen LogP contribution in [0.1, 0.15) is 12.8 Å². The Kier molecular flexibility index (Phi) is 4.55. The van der Waals surface area contributed by atoms with Gasteiger partial charge in [0.15, 0.2) is 5.92 Å². The van der Waals surface area contributed by atoms with Gasteiger partial charge in [-0.3, -0.25) is 9.59 Å². The number of carbonyl (C=O) groups excluding carboxylic acids is 1. The fourth-order valence-corrected chi connectivity index (χ4v) is 2.03. The second-order valence-corrected chi connectivity index (χ2v) is 4.43. The van der Waals surface area contributed by atoms with Crippen LogP contribution in [0, 0.1) is 11.8 Å². The number of carbonyl (C=O) groups is 2. The number of alkyl halides is 3. The summed E-state index contributed by atoms with van der Waals surface area (Å²) in [5, 5.41) is 8.58. The van der Waals surface area contributed by atoms with Crippen molar-refractivity contribution < 1.29 is 27.9 Å². The molecule has 1 rings (SSSR count). The van der Waals surface area contributed by atoms with E-state index in [0.29, 0.717) is 19.4 Å². The Morgan fingerprint density at radius 1 is 1.44 bits per heavy atom. The molecule has 1 aliphatic rings. The van der Waals surface area contributed by atoms with Crippen molar-refractivity contribution in [2.75, 3.05) is 19.6 Å². The number of hydrogen-bond donors (Lipinski definition) is 2. The fraction of sp³-hybridized carbons (Fsp3) is 0.800. The highest BCUT2D eigenvalue weighted by atomic mass is 19.4. The van der Waals surface area contributed by atoms with Gasteiger partial charge in [-0.1, -0.05) is 0 Å². The minimum absolute atomic E-state index is 0.0925. The van der Waals surface area contributed by atoms with Gasteiger partial charge < -0.3 is 15.7 Å². The number of amides is 1. The Balaban J connectivity index is 2.64. The van der Waals surface area contributed by atoms with Crippen LogP contribution < -0.4 is 5.73 Å². The number of carboxylic acids is 1. The summed E-state index contributed by atoms with van der Waals surface area (Å²) < 4.78 is 37.4. The van der Waals surface area contributed by atoms with E-state index in [1.54, 1.807) is 0 Å². The highest BCUT2D eigenvalue weighted by Crippen LogP contribution is 2.28. The topological polar surface area (TPSA) is 83.6 Å². The molecular weight excluding hydrogens is 253 g/mol. The molecule has 1 fully saturated rings. The number of nitrogens with zero attached hydrogens (tertiary/aromatic N) is 1. The number of aliphatic carboxylic acids is 1. The number of carboxylic acid groups (broad SMARTS) is 1. The van der Waals surface area contributed by atoms with Crippen LogP contribution in [0.25, 0.3) is 0 Å². The summed E-state index contributed by atoms with van der Waals surface area (Å²) in [6.45, 7) is -0.193. The van der Waals surface area contributed by atoms with Gasteiger partial charge in [-0.15, -0.1) is 0 Å². The van der Waals surface area contributed by atoms with Gasteiger partial charge in [0.2, 0.25) is 5.91 Å². The normalized spacial score (nSPS) is 23.6. The Morgan fingerprint density at radius 2 is 2.06 bits per heavy atom. The molecule has 0 aromatic carbocycles. The zero-order valence-electron chi connectivity index (χ0n) is 9.61. The third-order valence-electron chi connectivity index (χ3n) is 3.04. The van der Waals surface area contributed by atoms with Crippen molar-refractivity contribution >= 4 is 11.9 Å². The molecular formula is C10H15F3N2O3. The van der Waals surface area contributed by atoms with Crippen LogP contribution in [-0.2, 0) is 9.59 Å². The van der Waals surface area contributed by atoms with Crippen molar-refractivity contribution in [1.29, 1.82) is 0 Å². The first-order chi connectivity index (χ1) is 8.21. The molecule has 0 aromatic heterocycles. The van der Waals surface area contributed by atoms with Crippen molar-refractivity contribution in [3.63, 3.8) is 0 Å². The van der Waals surface area contributed by atoms with Crippen LogP contribution in [0.15, 0.2) is 0 Å². The minimum Gasteiger partial charge on any atom is -0.481 e. The summed E-state index contributed by atoms with van der Waals surface area (Å²) in [6.07, 6.45) is -3.71. The van der Waals surface area contributed by atoms with Crippen molar-refractivity contribution in [1.82, 2.24) is 4.90 Å². The molecule has 2 atom stereocenters. The van der Waals surface area contributed by atoms with E-state index in [4.69, 9.17) is 10.8 Å². The molecule has 0 bridgehead atoms. The first-order valence-corrected chi connectivity index (χ1v) is 5.53. The average molecular weight is 268 g/mol. The average Bonchev–Trinajstić information content (AvgIpc) is 2.24. The molecule has 104 valence electrons. The number of likely N-dealkylation sites (tertiary alicyclic amines) is 1. The van der Waals surface area contributed by atoms with Crippen LogP contribution in [0.5, 0.6) is 0 Å². The lowest BCUT2D eigenvalue weighted by molar-refractivity contribution is -0.197. The van der Waals surface area contributed by atoms with Gasteiger partial charge >= 0.3 is 12.1 Å². The molecule has 1 saturated heterocycles. The number of nitrogens with two attached hydrogens (primary N) is 1. The summed E-state index contributed by atoms with van der Waals surface area (Å²) in [6, 6.07) is 0. The lowest BCUT2D eigenvalue weighted by atomic mass is 9.96. The molecule has 0 saturated carbocycles. The fourth-order valence-electron chi connectivity index (χ4n) is 2.03. The lowest BCUT2D eigenvalue weighted by Gasteiger charge is -2.33. The van der Waals surface area contributed by atoms with E-state index in [-0.39, 0.29) is 6.54 Å². The smallest absolute Gasteiger partial charge is 0.403 e. The van der Waals surface area contributed by atoms with E-state index in [1.165, 1.54) is 4.90 Å². The van der Waals surface area contributed by atoms with Gasteiger partial charge in [0.1, 0.15) is 0 Å². The maximum Gasteiger partial charge on any atom is 0.403 e. The third kappa shape index (κ3) is 3.86. The second-order valence-electron chi connectivity index (χ2n) is 4.43. The van der Waals surface area contributed by atoms with Gasteiger partial charge in [-0.05, 0) is 19.4 Å². The van der Waals surface area contributed by atoms with Crippen molar-refractivity contribution in [3.8, 4) is 0 Å². The molecule has 1 amide bonds. The Morgan fingerprint density at radius 3 is 2.50 bits per heavy atom. The van der Waals surface area contributed by atoms with Crippen LogP contribution >= 0.6 is 0 Å². The summed E-state index contributed by atoms with van der Waals surface area (Å²) in [4.78, 5) is 22.9. The van der Waals surface area contributed by atoms with Crippen LogP contribution in [0.4, 0.5) is 13.2 Å². The van der Waals surface area contributed by atoms with Crippen LogP contribution in [-0.4, -0.2) is 47.7 Å². The maximum absolute atomic E-state index is 12.5. The monoisotopic (exact) mass is 268 g/mol. The van der Waals surface area contributed by atoms with Crippen molar-refractivity contribution in [3.05, 3.63) is 0 Å². The largest absolute Gasteiger partial charge is 0.481 e. The Labute approximate surface area is 102 Å². The van der Waals surface area contributed by atoms with Gasteiger partial charge in [0, 0.05) is 13.1 Å². The molecule has 1 aliphatic heterocycles. The number of hydrogen-bond acceptors (Lipinski definition) is 3. The molecule has 5 nitrogen and oxygen atoms in total. The third-order valence-corrected chi connectivity index (χ3v) is 3.04. The van der Waals surface area contributed by atoms with E-state index in [9.17, 15) is 22.8 Å². The number of rotatable bonds is 4. The Bertz CT molecular complexity index is 333. The maximum atomic E-state index is 12.5. The molecule has 0 aromatic rings. The van der Waals surface area contributed by atoms with Gasteiger partial charge in [0.05, 0.1) is 5.92 Å². The summed E-state index contributed by atoms with van der Waals surface area (Å²) in [5.74, 6) is -5.38. The number of primary amides is 1. The zero-order valence-corrected chi connectivity index (χ0v) is 9.61. The van der Waals surface area contributed by atoms with E-state index in [2.05, 4.69) is 0 Å². The van der Waals surface area contributed by atoms with Crippen molar-refractivity contribution in [2.45, 2.75) is 19.0 Å². The van der Waals surface area contributed by atoms with E-state index < -0.39 is 36.4 Å². The van der Waals surface area contributed by atoms with Gasteiger partial charge in [0.25, 0.3) is 0 Å². The van der Waals surface area contributed by atoms with Gasteiger partial charge in [-0.2, -0.15) is 13.2 Å². The summed E-state index contributed by atoms with van der Waals surface area (Å²) in [5.41, 5.74) is 5.10. The lowest BCUT2D eigenvalue weighted by Crippen LogP contribution is -2.47. The molecule has 8 heteroatoms. The second kappa shape index (κ2) is 5.55. The van der Waals surface area contributed by atoms with Gasteiger partial charge in [-0.25, -0.2) is 0 Å². The molecule has 2 unspecified atom stereocenters. The SMILES string of the molecule is NC(=O)C1CCCN(CC(C(=O)O)C(F)(F)F)C1. The molecule has 0 radical (unpaired) electrons. The van der Waals surface area contributed by atoms with Crippen LogP contribution in [0.2, 0.25) is 0 Å². The molecule has 18 heavy (non-hydrogen) atoms. The number of halogens is 3. The van der Waals surface area contributed by atoms with Crippen molar-refractivity contribution in [2.24, 2.45) is 17.6 Å². The highest BCUT2D eigenvalue weighted by molar-refractivity contribution is 5.77. The highest BCUT2D eigenvalue weighted by Gasteiger charge is 2.46. The van der Waals surface area contributed by atoms with E-state index in [1.807, 2.05) is 0 Å². The molecule has 1 heterocycles.